The first-order valence-corrected chi connectivity index (χ1v) is 1.34. The minimum Gasteiger partial charge on any atom is -0.377 e. The average molecular weight is 138 g/mol. The van der Waals surface area contributed by atoms with E-state index < -0.39 is 0 Å². The summed E-state index contributed by atoms with van der Waals surface area (Å²) < 4.78 is 4.32. The van der Waals surface area contributed by atoms with E-state index in [1.165, 1.54) is 7.11 Å². The third-order valence-corrected chi connectivity index (χ3v) is 0.235. The smallest absolute Gasteiger partial charge is 0.145 e. The molecule has 0 aliphatic carbocycles. The summed E-state index contributed by atoms with van der Waals surface area (Å²) in [4.78, 5) is 9.28. The van der Waals surface area contributed by atoms with E-state index in [2.05, 4.69) is 4.74 Å². The molecule has 0 saturated heterocycles. The largest absolute Gasteiger partial charge is 0.377 e. The Bertz CT molecular complexity index is 30.0. The van der Waals surface area contributed by atoms with Gasteiger partial charge in [0.1, 0.15) is 12.9 Å². The number of hydrogen-bond donors (Lipinski definition) is 0. The van der Waals surface area contributed by atoms with Gasteiger partial charge in [-0.25, -0.2) is 0 Å². The molecule has 3 heteroatoms. The molecule has 0 aliphatic rings. The third-order valence-electron chi connectivity index (χ3n) is 0.235. The molecule has 0 bridgehead atoms. The van der Waals surface area contributed by atoms with Crippen LogP contribution >= 0.6 is 0 Å². The number of carbonyl (C=O) groups is 1. The summed E-state index contributed by atoms with van der Waals surface area (Å²) in [7, 11) is 1.48. The van der Waals surface area contributed by atoms with Crippen LogP contribution in [-0.2, 0) is 26.6 Å². The molecule has 0 amide bonds. The number of ether oxygens (including phenoxy) is 1. The van der Waals surface area contributed by atoms with Gasteiger partial charge in [-0.15, -0.1) is 0 Å². The zero-order valence-corrected chi connectivity index (χ0v) is 4.34. The maximum Gasteiger partial charge on any atom is 0.145 e. The van der Waals surface area contributed by atoms with Gasteiger partial charge in [-0.1, -0.05) is 0 Å². The molecule has 0 saturated carbocycles. The summed E-state index contributed by atoms with van der Waals surface area (Å²) in [6.45, 7) is 0.208. The minimum absolute atomic E-state index is 0. The van der Waals surface area contributed by atoms with Crippen molar-refractivity contribution in [2.45, 2.75) is 0 Å². The Morgan fingerprint density at radius 1 is 1.83 bits per heavy atom. The van der Waals surface area contributed by atoms with Crippen LogP contribution < -0.4 is 0 Å². The maximum absolute atomic E-state index is 9.28. The fourth-order valence-corrected chi connectivity index (χ4v) is 0.0680. The van der Waals surface area contributed by atoms with Gasteiger partial charge >= 0.3 is 0 Å². The van der Waals surface area contributed by atoms with Gasteiger partial charge in [-0.05, 0) is 0 Å². The molecular formula is C3H6CuO2. The molecule has 0 aromatic heterocycles. The fourth-order valence-electron chi connectivity index (χ4n) is 0.0680. The normalized spacial score (nSPS) is 6.17. The van der Waals surface area contributed by atoms with Gasteiger partial charge in [0.25, 0.3) is 0 Å². The minimum atomic E-state index is 0. The van der Waals surface area contributed by atoms with Crippen molar-refractivity contribution in [3.63, 3.8) is 0 Å². The molecule has 1 radical (unpaired) electrons. The van der Waals surface area contributed by atoms with Crippen molar-refractivity contribution in [1.82, 2.24) is 0 Å². The van der Waals surface area contributed by atoms with Crippen LogP contribution in [0.1, 0.15) is 0 Å². The quantitative estimate of drug-likeness (QED) is 0.390. The monoisotopic (exact) mass is 137 g/mol. The van der Waals surface area contributed by atoms with Crippen LogP contribution in [0.4, 0.5) is 0 Å². The molecular weight excluding hydrogens is 132 g/mol. The van der Waals surface area contributed by atoms with Crippen LogP contribution in [0.15, 0.2) is 0 Å². The molecule has 0 aliphatic heterocycles. The van der Waals surface area contributed by atoms with Crippen LogP contribution in [0.2, 0.25) is 0 Å². The molecule has 0 aromatic carbocycles. The molecule has 0 atom stereocenters. The van der Waals surface area contributed by atoms with Crippen molar-refractivity contribution in [1.29, 1.82) is 0 Å². The summed E-state index contributed by atoms with van der Waals surface area (Å²) >= 11 is 0. The third kappa shape index (κ3) is 8.91. The first-order chi connectivity index (χ1) is 2.41. The van der Waals surface area contributed by atoms with Gasteiger partial charge in [-0.3, -0.25) is 0 Å². The molecule has 0 rings (SSSR count). The van der Waals surface area contributed by atoms with Crippen LogP contribution in [0.3, 0.4) is 0 Å². The number of aldehydes is 1. The Labute approximate surface area is 47.3 Å². The topological polar surface area (TPSA) is 26.3 Å². The van der Waals surface area contributed by atoms with Crippen LogP contribution in [0.25, 0.3) is 0 Å². The van der Waals surface area contributed by atoms with E-state index in [4.69, 9.17) is 0 Å². The summed E-state index contributed by atoms with van der Waals surface area (Å²) in [5.74, 6) is 0. The zero-order chi connectivity index (χ0) is 4.12. The van der Waals surface area contributed by atoms with Crippen LogP contribution in [-0.4, -0.2) is 20.0 Å². The van der Waals surface area contributed by atoms with E-state index in [-0.39, 0.29) is 23.7 Å². The second kappa shape index (κ2) is 8.94. The van der Waals surface area contributed by atoms with E-state index in [1.54, 1.807) is 0 Å². The average Bonchev–Trinajstić information content (AvgIpc) is 1.41. The van der Waals surface area contributed by atoms with E-state index in [1.807, 2.05) is 0 Å². The summed E-state index contributed by atoms with van der Waals surface area (Å²) in [5.41, 5.74) is 0. The second-order valence-corrected chi connectivity index (χ2v) is 0.622. The van der Waals surface area contributed by atoms with Crippen LogP contribution in [0, 0.1) is 0 Å². The molecule has 0 fully saturated rings. The Kier molecular flexibility index (Phi) is 14.1. The van der Waals surface area contributed by atoms with Gasteiger partial charge < -0.3 is 9.53 Å². The van der Waals surface area contributed by atoms with Gasteiger partial charge in [0, 0.05) is 24.2 Å². The van der Waals surface area contributed by atoms with Crippen molar-refractivity contribution in [3.05, 3.63) is 0 Å². The molecule has 0 unspecified atom stereocenters. The van der Waals surface area contributed by atoms with Gasteiger partial charge in [0.05, 0.1) is 0 Å². The van der Waals surface area contributed by atoms with E-state index in [0.717, 1.165) is 0 Å². The number of rotatable bonds is 2. The Morgan fingerprint density at radius 3 is 2.33 bits per heavy atom. The predicted octanol–water partition coefficient (Wildman–Crippen LogP) is -0.171. The first-order valence-electron chi connectivity index (χ1n) is 1.34. The molecule has 2 nitrogen and oxygen atoms in total. The summed E-state index contributed by atoms with van der Waals surface area (Å²) in [5, 5.41) is 0. The fraction of sp³-hybridized carbons (Fsp3) is 0.667. The second-order valence-electron chi connectivity index (χ2n) is 0.622. The Balaban J connectivity index is 0. The number of carbonyl (C=O) groups excluding carboxylic acids is 1. The van der Waals surface area contributed by atoms with Gasteiger partial charge in [0.15, 0.2) is 0 Å². The van der Waals surface area contributed by atoms with Gasteiger partial charge in [-0.2, -0.15) is 0 Å². The Morgan fingerprint density at radius 2 is 2.33 bits per heavy atom. The van der Waals surface area contributed by atoms with Crippen molar-refractivity contribution < 1.29 is 26.6 Å². The van der Waals surface area contributed by atoms with Crippen LogP contribution in [0.5, 0.6) is 0 Å². The van der Waals surface area contributed by atoms with E-state index >= 15 is 0 Å². The van der Waals surface area contributed by atoms with Crippen molar-refractivity contribution in [2.24, 2.45) is 0 Å². The predicted molar refractivity (Wildman–Crippen MR) is 17.9 cm³/mol. The molecule has 41 valence electrons. The number of hydrogen-bond acceptors (Lipinski definition) is 2. The van der Waals surface area contributed by atoms with Crippen molar-refractivity contribution in [2.75, 3.05) is 13.7 Å². The number of methoxy groups -OCH3 is 1. The molecule has 0 N–H and O–H groups in total. The van der Waals surface area contributed by atoms with Crippen molar-refractivity contribution >= 4 is 6.29 Å². The molecule has 0 spiro atoms. The standard InChI is InChI=1S/C3H6O2.Cu/c1-5-3-2-4;/h2H,3H2,1H3;. The maximum atomic E-state index is 9.28. The summed E-state index contributed by atoms with van der Waals surface area (Å²) in [6, 6.07) is 0. The molecule has 6 heavy (non-hydrogen) atoms. The summed E-state index contributed by atoms with van der Waals surface area (Å²) in [6.07, 6.45) is 0.708. The van der Waals surface area contributed by atoms with Gasteiger partial charge in [0.2, 0.25) is 0 Å². The van der Waals surface area contributed by atoms with E-state index in [0.29, 0.717) is 6.29 Å². The zero-order valence-electron chi connectivity index (χ0n) is 3.40. The SMILES string of the molecule is COCC=O.[Cu]. The van der Waals surface area contributed by atoms with Crippen molar-refractivity contribution in [3.8, 4) is 0 Å². The van der Waals surface area contributed by atoms with E-state index in [9.17, 15) is 4.79 Å². The molecule has 0 heterocycles. The Hall–Kier alpha value is 0.149. The molecule has 0 aromatic rings. The first kappa shape index (κ1) is 9.47.